The maximum atomic E-state index is 10.3. The predicted molar refractivity (Wildman–Crippen MR) is 49.5 cm³/mol. The summed E-state index contributed by atoms with van der Waals surface area (Å²) in [6.07, 6.45) is 4.82. The number of hydrogen-bond donors (Lipinski definition) is 1. The molecule has 1 aliphatic heterocycles. The average molecular weight is 184 g/mol. The first kappa shape index (κ1) is 10.3. The van der Waals surface area contributed by atoms with Gasteiger partial charge in [0.25, 0.3) is 0 Å². The summed E-state index contributed by atoms with van der Waals surface area (Å²) >= 11 is 0. The Labute approximate surface area is 78.4 Å². The first-order valence-corrected chi connectivity index (χ1v) is 4.55. The molecule has 0 aromatic heterocycles. The van der Waals surface area contributed by atoms with Crippen LogP contribution in [0.25, 0.3) is 0 Å². The van der Waals surface area contributed by atoms with Gasteiger partial charge in [0.05, 0.1) is 5.60 Å². The summed E-state index contributed by atoms with van der Waals surface area (Å²) in [6.45, 7) is 4.79. The maximum Gasteiger partial charge on any atom is 0.327 e. The number of rotatable bonds is 2. The van der Waals surface area contributed by atoms with Crippen LogP contribution in [0, 0.1) is 5.92 Å². The molecule has 13 heavy (non-hydrogen) atoms. The topological polar surface area (TPSA) is 46.5 Å². The molecule has 1 fully saturated rings. The van der Waals surface area contributed by atoms with Crippen LogP contribution in [0.5, 0.6) is 0 Å². The molecule has 0 amide bonds. The van der Waals surface area contributed by atoms with Crippen LogP contribution in [-0.2, 0) is 9.53 Å². The van der Waals surface area contributed by atoms with Crippen LogP contribution in [0.2, 0.25) is 0 Å². The van der Waals surface area contributed by atoms with Crippen molar-refractivity contribution in [3.05, 3.63) is 12.2 Å². The number of carboxylic acid groups (broad SMARTS) is 1. The van der Waals surface area contributed by atoms with Crippen molar-refractivity contribution in [2.75, 3.05) is 6.61 Å². The molecule has 0 unspecified atom stereocenters. The minimum absolute atomic E-state index is 0.105. The monoisotopic (exact) mass is 184 g/mol. The van der Waals surface area contributed by atoms with E-state index in [4.69, 9.17) is 9.84 Å². The van der Waals surface area contributed by atoms with Crippen LogP contribution < -0.4 is 0 Å². The highest BCUT2D eigenvalue weighted by atomic mass is 16.5. The molecule has 1 N–H and O–H groups in total. The number of aliphatic carboxylic acids is 1. The Hall–Kier alpha value is -0.830. The number of ether oxygens (including phenoxy) is 1. The largest absolute Gasteiger partial charge is 0.478 e. The van der Waals surface area contributed by atoms with Gasteiger partial charge in [-0.05, 0) is 32.6 Å². The molecule has 1 aliphatic rings. The van der Waals surface area contributed by atoms with E-state index in [0.29, 0.717) is 5.92 Å². The lowest BCUT2D eigenvalue weighted by Gasteiger charge is -2.34. The second-order valence-electron chi connectivity index (χ2n) is 4.06. The van der Waals surface area contributed by atoms with Gasteiger partial charge < -0.3 is 9.84 Å². The van der Waals surface area contributed by atoms with E-state index >= 15 is 0 Å². The van der Waals surface area contributed by atoms with Crippen LogP contribution in [-0.4, -0.2) is 23.3 Å². The normalized spacial score (nSPS) is 27.7. The first-order chi connectivity index (χ1) is 5.99. The van der Waals surface area contributed by atoms with Gasteiger partial charge in [-0.15, -0.1) is 0 Å². The summed E-state index contributed by atoms with van der Waals surface area (Å²) in [4.78, 5) is 10.3. The highest BCUT2D eigenvalue weighted by Crippen LogP contribution is 2.29. The molecule has 0 bridgehead atoms. The zero-order valence-electron chi connectivity index (χ0n) is 8.12. The predicted octanol–water partition coefficient (Wildman–Crippen LogP) is 1.83. The van der Waals surface area contributed by atoms with Crippen molar-refractivity contribution in [3.63, 3.8) is 0 Å². The molecule has 0 aromatic rings. The molecule has 0 aromatic carbocycles. The lowest BCUT2D eigenvalue weighted by molar-refractivity contribution is -0.131. The summed E-state index contributed by atoms with van der Waals surface area (Å²) in [6, 6.07) is 0. The summed E-state index contributed by atoms with van der Waals surface area (Å²) < 4.78 is 5.52. The van der Waals surface area contributed by atoms with Crippen molar-refractivity contribution < 1.29 is 14.6 Å². The zero-order chi connectivity index (χ0) is 9.90. The third kappa shape index (κ3) is 3.59. The zero-order valence-corrected chi connectivity index (χ0v) is 8.12. The van der Waals surface area contributed by atoms with E-state index in [-0.39, 0.29) is 5.60 Å². The van der Waals surface area contributed by atoms with Crippen molar-refractivity contribution >= 4 is 5.97 Å². The van der Waals surface area contributed by atoms with Gasteiger partial charge in [0.15, 0.2) is 0 Å². The van der Waals surface area contributed by atoms with Crippen LogP contribution in [0.3, 0.4) is 0 Å². The van der Waals surface area contributed by atoms with Gasteiger partial charge in [0, 0.05) is 12.7 Å². The van der Waals surface area contributed by atoms with E-state index in [1.807, 2.05) is 13.8 Å². The van der Waals surface area contributed by atoms with Gasteiger partial charge in [-0.1, -0.05) is 6.08 Å². The van der Waals surface area contributed by atoms with Crippen molar-refractivity contribution in [3.8, 4) is 0 Å². The SMILES string of the molecule is CC1(C)C[C@@H](/C=C/C(=O)O)CCO1. The Morgan fingerprint density at radius 2 is 2.31 bits per heavy atom. The third-order valence-corrected chi connectivity index (χ3v) is 2.25. The van der Waals surface area contributed by atoms with Gasteiger partial charge in [-0.2, -0.15) is 0 Å². The maximum absolute atomic E-state index is 10.3. The Kier molecular flexibility index (Phi) is 3.09. The Morgan fingerprint density at radius 1 is 1.62 bits per heavy atom. The highest BCUT2D eigenvalue weighted by Gasteiger charge is 2.27. The molecular weight excluding hydrogens is 168 g/mol. The fraction of sp³-hybridized carbons (Fsp3) is 0.700. The Morgan fingerprint density at radius 3 is 2.85 bits per heavy atom. The van der Waals surface area contributed by atoms with Crippen LogP contribution >= 0.6 is 0 Å². The molecule has 1 atom stereocenters. The minimum atomic E-state index is -0.871. The molecule has 1 heterocycles. The van der Waals surface area contributed by atoms with Crippen LogP contribution in [0.1, 0.15) is 26.7 Å². The van der Waals surface area contributed by atoms with E-state index in [9.17, 15) is 4.79 Å². The number of hydrogen-bond acceptors (Lipinski definition) is 2. The van der Waals surface area contributed by atoms with Gasteiger partial charge in [0.2, 0.25) is 0 Å². The van der Waals surface area contributed by atoms with Gasteiger partial charge >= 0.3 is 5.97 Å². The molecule has 0 saturated carbocycles. The Bertz CT molecular complexity index is 218. The van der Waals surface area contributed by atoms with Crippen molar-refractivity contribution in [1.29, 1.82) is 0 Å². The van der Waals surface area contributed by atoms with Crippen LogP contribution in [0.15, 0.2) is 12.2 Å². The smallest absolute Gasteiger partial charge is 0.327 e. The molecule has 3 heteroatoms. The molecular formula is C10H16O3. The first-order valence-electron chi connectivity index (χ1n) is 4.55. The van der Waals surface area contributed by atoms with E-state index in [2.05, 4.69) is 0 Å². The number of carbonyl (C=O) groups is 1. The standard InChI is InChI=1S/C10H16O3/c1-10(2)7-8(5-6-13-10)3-4-9(11)12/h3-4,8H,5-7H2,1-2H3,(H,11,12)/b4-3+/t8-/m0/s1. The van der Waals surface area contributed by atoms with E-state index in [1.165, 1.54) is 6.08 Å². The Balaban J connectivity index is 2.48. The quantitative estimate of drug-likeness (QED) is 0.666. The molecule has 1 rings (SSSR count). The van der Waals surface area contributed by atoms with E-state index in [0.717, 1.165) is 19.4 Å². The van der Waals surface area contributed by atoms with Crippen LogP contribution in [0.4, 0.5) is 0 Å². The fourth-order valence-corrected chi connectivity index (χ4v) is 1.66. The van der Waals surface area contributed by atoms with Crippen molar-refractivity contribution in [2.45, 2.75) is 32.3 Å². The molecule has 0 spiro atoms. The number of carboxylic acids is 1. The molecule has 74 valence electrons. The number of allylic oxidation sites excluding steroid dienone is 1. The second kappa shape index (κ2) is 3.92. The summed E-state index contributed by atoms with van der Waals surface area (Å²) in [5, 5.41) is 8.46. The summed E-state index contributed by atoms with van der Waals surface area (Å²) in [7, 11) is 0. The lowest BCUT2D eigenvalue weighted by atomic mass is 9.88. The lowest BCUT2D eigenvalue weighted by Crippen LogP contribution is -2.33. The second-order valence-corrected chi connectivity index (χ2v) is 4.06. The molecule has 0 radical (unpaired) electrons. The fourth-order valence-electron chi connectivity index (χ4n) is 1.66. The van der Waals surface area contributed by atoms with E-state index in [1.54, 1.807) is 6.08 Å². The van der Waals surface area contributed by atoms with Crippen molar-refractivity contribution in [2.24, 2.45) is 5.92 Å². The van der Waals surface area contributed by atoms with Gasteiger partial charge in [-0.25, -0.2) is 4.79 Å². The third-order valence-electron chi connectivity index (χ3n) is 2.25. The highest BCUT2D eigenvalue weighted by molar-refractivity contribution is 5.79. The average Bonchev–Trinajstić information content (AvgIpc) is 1.99. The van der Waals surface area contributed by atoms with Gasteiger partial charge in [-0.3, -0.25) is 0 Å². The molecule has 1 saturated heterocycles. The van der Waals surface area contributed by atoms with E-state index < -0.39 is 5.97 Å². The minimum Gasteiger partial charge on any atom is -0.478 e. The molecule has 3 nitrogen and oxygen atoms in total. The summed E-state index contributed by atoms with van der Waals surface area (Å²) in [5.41, 5.74) is -0.105. The van der Waals surface area contributed by atoms with Crippen molar-refractivity contribution in [1.82, 2.24) is 0 Å². The van der Waals surface area contributed by atoms with Gasteiger partial charge in [0.1, 0.15) is 0 Å². The summed E-state index contributed by atoms with van der Waals surface area (Å²) in [5.74, 6) is -0.524. The molecule has 0 aliphatic carbocycles.